The Hall–Kier alpha value is -1.09. The molecule has 0 spiro atoms. The van der Waals surface area contributed by atoms with Crippen molar-refractivity contribution < 1.29 is 15.0 Å². The lowest BCUT2D eigenvalue weighted by Gasteiger charge is -2.28. The van der Waals surface area contributed by atoms with E-state index in [2.05, 4.69) is 0 Å². The van der Waals surface area contributed by atoms with Gasteiger partial charge < -0.3 is 10.2 Å². The fourth-order valence-electron chi connectivity index (χ4n) is 1.63. The number of aliphatic hydroxyl groups is 2. The van der Waals surface area contributed by atoms with Gasteiger partial charge in [0.15, 0.2) is 5.76 Å². The topological polar surface area (TPSA) is 57.5 Å². The lowest BCUT2D eigenvalue weighted by molar-refractivity contribution is -0.115. The largest absolute Gasteiger partial charge is 0.504 e. The highest BCUT2D eigenvalue weighted by Gasteiger charge is 2.31. The van der Waals surface area contributed by atoms with E-state index in [1.165, 1.54) is 6.08 Å². The third-order valence-electron chi connectivity index (χ3n) is 2.46. The minimum absolute atomic E-state index is 0.144. The Balaban J connectivity index is 3.25. The summed E-state index contributed by atoms with van der Waals surface area (Å²) in [4.78, 5) is 11.3. The van der Waals surface area contributed by atoms with Gasteiger partial charge in [-0.1, -0.05) is 13.8 Å². The van der Waals surface area contributed by atoms with Gasteiger partial charge in [0.2, 0.25) is 5.78 Å². The summed E-state index contributed by atoms with van der Waals surface area (Å²) in [5.74, 6) is -0.608. The van der Waals surface area contributed by atoms with Crippen molar-refractivity contribution in [2.24, 2.45) is 5.41 Å². The van der Waals surface area contributed by atoms with Crippen LogP contribution < -0.4 is 0 Å². The van der Waals surface area contributed by atoms with E-state index in [9.17, 15) is 9.90 Å². The molecule has 72 valence electrons. The quantitative estimate of drug-likeness (QED) is 0.643. The number of hydrogen-bond acceptors (Lipinski definition) is 3. The molecule has 3 heteroatoms. The molecule has 0 aromatic rings. The van der Waals surface area contributed by atoms with Crippen LogP contribution in [0.1, 0.15) is 20.8 Å². The van der Waals surface area contributed by atoms with E-state index < -0.39 is 5.41 Å². The molecule has 0 bridgehead atoms. The molecule has 0 atom stereocenters. The van der Waals surface area contributed by atoms with Crippen LogP contribution >= 0.6 is 0 Å². The van der Waals surface area contributed by atoms with E-state index in [0.717, 1.165) is 0 Å². The molecule has 0 radical (unpaired) electrons. The molecular weight excluding hydrogens is 168 g/mol. The van der Waals surface area contributed by atoms with E-state index in [1.54, 1.807) is 6.92 Å². The Morgan fingerprint density at radius 1 is 1.46 bits per heavy atom. The van der Waals surface area contributed by atoms with Crippen LogP contribution in [0.2, 0.25) is 0 Å². The van der Waals surface area contributed by atoms with Gasteiger partial charge in [0.25, 0.3) is 0 Å². The van der Waals surface area contributed by atoms with Gasteiger partial charge in [0.1, 0.15) is 0 Å². The average molecular weight is 182 g/mol. The number of ketones is 1. The standard InChI is InChI=1S/C10H14O3/c1-6-7(5-11)10(2,3)4-8(12)9(6)13/h4,11-12H,5H2,1-3H3. The summed E-state index contributed by atoms with van der Waals surface area (Å²) in [6.45, 7) is 5.18. The average Bonchev–Trinajstić information content (AvgIpc) is 2.00. The van der Waals surface area contributed by atoms with Gasteiger partial charge in [-0.3, -0.25) is 4.79 Å². The second-order valence-electron chi connectivity index (χ2n) is 3.84. The van der Waals surface area contributed by atoms with Crippen LogP contribution in [-0.4, -0.2) is 22.6 Å². The summed E-state index contributed by atoms with van der Waals surface area (Å²) < 4.78 is 0. The molecule has 2 N–H and O–H groups in total. The van der Waals surface area contributed by atoms with Crippen molar-refractivity contribution in [1.82, 2.24) is 0 Å². The van der Waals surface area contributed by atoms with Crippen LogP contribution in [-0.2, 0) is 4.79 Å². The third-order valence-corrected chi connectivity index (χ3v) is 2.46. The zero-order valence-corrected chi connectivity index (χ0v) is 8.09. The lowest BCUT2D eigenvalue weighted by atomic mass is 9.76. The molecule has 1 rings (SSSR count). The van der Waals surface area contributed by atoms with Gasteiger partial charge in [-0.05, 0) is 18.6 Å². The number of allylic oxidation sites excluding steroid dienone is 2. The van der Waals surface area contributed by atoms with Gasteiger partial charge in [0.05, 0.1) is 6.61 Å². The second-order valence-corrected chi connectivity index (χ2v) is 3.84. The Bertz CT molecular complexity index is 308. The first kappa shape index (κ1) is 9.99. The van der Waals surface area contributed by atoms with Crippen LogP contribution in [0, 0.1) is 5.41 Å². The van der Waals surface area contributed by atoms with Crippen LogP contribution in [0.3, 0.4) is 0 Å². The number of carbonyl (C=O) groups is 1. The van der Waals surface area contributed by atoms with Gasteiger partial charge in [0, 0.05) is 11.0 Å². The van der Waals surface area contributed by atoms with Crippen LogP contribution in [0.5, 0.6) is 0 Å². The van der Waals surface area contributed by atoms with Crippen LogP contribution in [0.25, 0.3) is 0 Å². The molecule has 3 nitrogen and oxygen atoms in total. The number of rotatable bonds is 1. The van der Waals surface area contributed by atoms with Crippen molar-refractivity contribution in [3.05, 3.63) is 23.0 Å². The smallest absolute Gasteiger partial charge is 0.222 e. The predicted octanol–water partition coefficient (Wildman–Crippen LogP) is 1.35. The summed E-state index contributed by atoms with van der Waals surface area (Å²) in [7, 11) is 0. The predicted molar refractivity (Wildman–Crippen MR) is 49.3 cm³/mol. The number of carbonyl (C=O) groups excluding carboxylic acids is 1. The van der Waals surface area contributed by atoms with Gasteiger partial charge in [-0.2, -0.15) is 0 Å². The van der Waals surface area contributed by atoms with Gasteiger partial charge in [-0.25, -0.2) is 0 Å². The molecule has 0 amide bonds. The molecule has 0 fully saturated rings. The molecule has 0 heterocycles. The summed E-state index contributed by atoms with van der Waals surface area (Å²) >= 11 is 0. The first-order valence-electron chi connectivity index (χ1n) is 4.17. The van der Waals surface area contributed by atoms with Crippen molar-refractivity contribution in [3.8, 4) is 0 Å². The molecule has 0 aromatic heterocycles. The van der Waals surface area contributed by atoms with E-state index in [1.807, 2.05) is 13.8 Å². The normalized spacial score (nSPS) is 21.8. The van der Waals surface area contributed by atoms with Crippen molar-refractivity contribution in [1.29, 1.82) is 0 Å². The van der Waals surface area contributed by atoms with E-state index in [0.29, 0.717) is 11.1 Å². The summed E-state index contributed by atoms with van der Waals surface area (Å²) in [5, 5.41) is 18.4. The van der Waals surface area contributed by atoms with Crippen LogP contribution in [0.4, 0.5) is 0 Å². The maximum atomic E-state index is 11.3. The highest BCUT2D eigenvalue weighted by atomic mass is 16.3. The Kier molecular flexibility index (Phi) is 2.30. The summed E-state index contributed by atoms with van der Waals surface area (Å²) in [5.41, 5.74) is 0.694. The highest BCUT2D eigenvalue weighted by Crippen LogP contribution is 2.35. The van der Waals surface area contributed by atoms with Gasteiger partial charge in [-0.15, -0.1) is 0 Å². The fourth-order valence-corrected chi connectivity index (χ4v) is 1.63. The highest BCUT2D eigenvalue weighted by molar-refractivity contribution is 6.08. The molecule has 13 heavy (non-hydrogen) atoms. The van der Waals surface area contributed by atoms with Crippen molar-refractivity contribution in [2.45, 2.75) is 20.8 Å². The molecule has 0 saturated heterocycles. The van der Waals surface area contributed by atoms with E-state index >= 15 is 0 Å². The number of hydrogen-bond donors (Lipinski definition) is 2. The molecule has 0 aliphatic heterocycles. The zero-order chi connectivity index (χ0) is 10.2. The molecule has 0 saturated carbocycles. The maximum absolute atomic E-state index is 11.3. The maximum Gasteiger partial charge on any atom is 0.222 e. The minimum Gasteiger partial charge on any atom is -0.504 e. The van der Waals surface area contributed by atoms with Crippen molar-refractivity contribution in [2.75, 3.05) is 6.61 Å². The summed E-state index contributed by atoms with van der Waals surface area (Å²) in [6, 6.07) is 0. The Morgan fingerprint density at radius 3 is 2.46 bits per heavy atom. The molecule has 1 aliphatic carbocycles. The first-order chi connectivity index (χ1) is 5.90. The van der Waals surface area contributed by atoms with Crippen molar-refractivity contribution in [3.63, 3.8) is 0 Å². The molecule has 1 aliphatic rings. The van der Waals surface area contributed by atoms with Crippen LogP contribution in [0.15, 0.2) is 23.0 Å². The Labute approximate surface area is 77.4 Å². The molecule has 0 unspecified atom stereocenters. The lowest BCUT2D eigenvalue weighted by Crippen LogP contribution is -2.25. The Morgan fingerprint density at radius 2 is 2.00 bits per heavy atom. The SMILES string of the molecule is CC1=C(CO)C(C)(C)C=C(O)C1=O. The molecular formula is C10H14O3. The second kappa shape index (κ2) is 3.00. The fraction of sp³-hybridized carbons (Fsp3) is 0.500. The first-order valence-corrected chi connectivity index (χ1v) is 4.17. The molecule has 0 aromatic carbocycles. The van der Waals surface area contributed by atoms with E-state index in [4.69, 9.17) is 5.11 Å². The summed E-state index contributed by atoms with van der Waals surface area (Å²) in [6.07, 6.45) is 1.48. The van der Waals surface area contributed by atoms with Crippen molar-refractivity contribution >= 4 is 5.78 Å². The minimum atomic E-state index is -0.434. The zero-order valence-electron chi connectivity index (χ0n) is 8.09. The van der Waals surface area contributed by atoms with E-state index in [-0.39, 0.29) is 18.1 Å². The van der Waals surface area contributed by atoms with Gasteiger partial charge >= 0.3 is 0 Å². The number of aliphatic hydroxyl groups excluding tert-OH is 2. The third kappa shape index (κ3) is 1.52. The number of Topliss-reactive ketones (excluding diaryl/α,β-unsaturated/α-hetero) is 1. The monoisotopic (exact) mass is 182 g/mol.